The SMILES string of the molecule is CC(C)c1c(-c2ccc(Cl)o2)nn(C)c1N. The van der Waals surface area contributed by atoms with Crippen molar-refractivity contribution in [3.8, 4) is 11.5 Å². The number of anilines is 1. The molecule has 0 fully saturated rings. The molecule has 0 unspecified atom stereocenters. The van der Waals surface area contributed by atoms with E-state index in [-0.39, 0.29) is 5.92 Å². The van der Waals surface area contributed by atoms with Crippen LogP contribution in [-0.2, 0) is 7.05 Å². The van der Waals surface area contributed by atoms with Crippen molar-refractivity contribution in [3.05, 3.63) is 22.9 Å². The van der Waals surface area contributed by atoms with Crippen molar-refractivity contribution in [1.82, 2.24) is 9.78 Å². The molecule has 0 aromatic carbocycles. The van der Waals surface area contributed by atoms with Gasteiger partial charge in [-0.1, -0.05) is 13.8 Å². The van der Waals surface area contributed by atoms with Crippen molar-refractivity contribution < 1.29 is 4.42 Å². The maximum atomic E-state index is 5.97. The lowest BCUT2D eigenvalue weighted by Gasteiger charge is -2.05. The first-order chi connectivity index (χ1) is 7.50. The minimum atomic E-state index is 0.285. The summed E-state index contributed by atoms with van der Waals surface area (Å²) in [7, 11) is 1.81. The number of rotatable bonds is 2. The molecule has 5 heteroatoms. The lowest BCUT2D eigenvalue weighted by Crippen LogP contribution is -2.00. The summed E-state index contributed by atoms with van der Waals surface area (Å²) in [5.41, 5.74) is 7.73. The molecule has 0 aliphatic rings. The van der Waals surface area contributed by atoms with E-state index in [4.69, 9.17) is 21.8 Å². The first kappa shape index (κ1) is 11.1. The molecule has 0 amide bonds. The van der Waals surface area contributed by atoms with E-state index in [0.717, 1.165) is 11.3 Å². The monoisotopic (exact) mass is 239 g/mol. The molecule has 0 aliphatic carbocycles. The van der Waals surface area contributed by atoms with Crippen molar-refractivity contribution in [2.75, 3.05) is 5.73 Å². The molecule has 2 N–H and O–H groups in total. The fourth-order valence-corrected chi connectivity index (χ4v) is 1.89. The number of aromatic nitrogens is 2. The van der Waals surface area contributed by atoms with Gasteiger partial charge in [-0.15, -0.1) is 0 Å². The highest BCUT2D eigenvalue weighted by Gasteiger charge is 2.20. The van der Waals surface area contributed by atoms with Gasteiger partial charge in [0.25, 0.3) is 0 Å². The van der Waals surface area contributed by atoms with Gasteiger partial charge in [-0.05, 0) is 29.7 Å². The molecule has 0 bridgehead atoms. The zero-order chi connectivity index (χ0) is 11.9. The molecule has 0 aliphatic heterocycles. The zero-order valence-electron chi connectivity index (χ0n) is 9.49. The van der Waals surface area contributed by atoms with Gasteiger partial charge in [0.15, 0.2) is 11.0 Å². The molecule has 86 valence electrons. The highest BCUT2D eigenvalue weighted by Crippen LogP contribution is 2.34. The second-order valence-electron chi connectivity index (χ2n) is 4.03. The van der Waals surface area contributed by atoms with E-state index in [1.807, 2.05) is 7.05 Å². The van der Waals surface area contributed by atoms with Crippen LogP contribution in [0.3, 0.4) is 0 Å². The van der Waals surface area contributed by atoms with Crippen LogP contribution >= 0.6 is 11.6 Å². The molecule has 0 radical (unpaired) electrons. The van der Waals surface area contributed by atoms with Gasteiger partial charge >= 0.3 is 0 Å². The summed E-state index contributed by atoms with van der Waals surface area (Å²) in [4.78, 5) is 0. The third-order valence-corrected chi connectivity index (χ3v) is 2.72. The third-order valence-electron chi connectivity index (χ3n) is 2.51. The van der Waals surface area contributed by atoms with Gasteiger partial charge in [-0.25, -0.2) is 0 Å². The number of furan rings is 1. The Labute approximate surface area is 99.0 Å². The van der Waals surface area contributed by atoms with Crippen LogP contribution in [0.4, 0.5) is 5.82 Å². The molecular formula is C11H14ClN3O. The molecule has 0 saturated heterocycles. The number of halogens is 1. The Morgan fingerprint density at radius 3 is 2.62 bits per heavy atom. The predicted octanol–water partition coefficient (Wildman–Crippen LogP) is 3.04. The van der Waals surface area contributed by atoms with Gasteiger partial charge in [0.1, 0.15) is 11.5 Å². The summed E-state index contributed by atoms with van der Waals surface area (Å²) in [6.07, 6.45) is 0. The van der Waals surface area contributed by atoms with Crippen LogP contribution < -0.4 is 5.73 Å². The number of hydrogen-bond donors (Lipinski definition) is 1. The maximum Gasteiger partial charge on any atom is 0.194 e. The quantitative estimate of drug-likeness (QED) is 0.876. The van der Waals surface area contributed by atoms with Gasteiger partial charge in [0.2, 0.25) is 0 Å². The molecule has 2 aromatic rings. The van der Waals surface area contributed by atoms with Crippen molar-refractivity contribution in [2.45, 2.75) is 19.8 Å². The Bertz CT molecular complexity index is 513. The highest BCUT2D eigenvalue weighted by molar-refractivity contribution is 6.29. The first-order valence-electron chi connectivity index (χ1n) is 5.08. The van der Waals surface area contributed by atoms with Crippen LogP contribution in [0.15, 0.2) is 16.5 Å². The highest BCUT2D eigenvalue weighted by atomic mass is 35.5. The number of nitrogens with two attached hydrogens (primary N) is 1. The standard InChI is InChI=1S/C11H14ClN3O/c1-6(2)9-10(14-15(3)11(9)13)7-4-5-8(12)16-7/h4-6H,13H2,1-3H3. The number of nitrogens with zero attached hydrogens (tertiary/aromatic N) is 2. The van der Waals surface area contributed by atoms with E-state index in [2.05, 4.69) is 18.9 Å². The Morgan fingerprint density at radius 1 is 1.44 bits per heavy atom. The van der Waals surface area contributed by atoms with E-state index >= 15 is 0 Å². The smallest absolute Gasteiger partial charge is 0.194 e. The van der Waals surface area contributed by atoms with Gasteiger partial charge in [-0.3, -0.25) is 4.68 Å². The molecule has 0 spiro atoms. The fourth-order valence-electron chi connectivity index (χ4n) is 1.75. The topological polar surface area (TPSA) is 57.0 Å². The maximum absolute atomic E-state index is 5.97. The van der Waals surface area contributed by atoms with Crippen LogP contribution in [0.25, 0.3) is 11.5 Å². The van der Waals surface area contributed by atoms with E-state index in [9.17, 15) is 0 Å². The molecule has 0 atom stereocenters. The van der Waals surface area contributed by atoms with Crippen molar-refractivity contribution >= 4 is 17.4 Å². The van der Waals surface area contributed by atoms with Crippen molar-refractivity contribution in [3.63, 3.8) is 0 Å². The minimum Gasteiger partial charge on any atom is -0.443 e. The number of hydrogen-bond acceptors (Lipinski definition) is 3. The van der Waals surface area contributed by atoms with Gasteiger partial charge < -0.3 is 10.2 Å². The number of nitrogen functional groups attached to an aromatic ring is 1. The van der Waals surface area contributed by atoms with Gasteiger partial charge in [0.05, 0.1) is 0 Å². The van der Waals surface area contributed by atoms with E-state index < -0.39 is 0 Å². The molecule has 2 rings (SSSR count). The summed E-state index contributed by atoms with van der Waals surface area (Å²) in [6, 6.07) is 3.50. The Kier molecular flexibility index (Phi) is 2.68. The van der Waals surface area contributed by atoms with Crippen LogP contribution in [0.1, 0.15) is 25.3 Å². The molecule has 16 heavy (non-hydrogen) atoms. The average Bonchev–Trinajstić information content (AvgIpc) is 2.73. The second kappa shape index (κ2) is 3.87. The van der Waals surface area contributed by atoms with Crippen LogP contribution in [0, 0.1) is 0 Å². The summed E-state index contributed by atoms with van der Waals surface area (Å²) in [5, 5.41) is 4.71. The lowest BCUT2D eigenvalue weighted by molar-refractivity contribution is 0.579. The Hall–Kier alpha value is -1.42. The minimum absolute atomic E-state index is 0.285. The molecule has 2 heterocycles. The predicted molar refractivity (Wildman–Crippen MR) is 64.4 cm³/mol. The number of aryl methyl sites for hydroxylation is 1. The first-order valence-corrected chi connectivity index (χ1v) is 5.46. The fraction of sp³-hybridized carbons (Fsp3) is 0.364. The molecule has 2 aromatic heterocycles. The van der Waals surface area contributed by atoms with Crippen LogP contribution in [-0.4, -0.2) is 9.78 Å². The van der Waals surface area contributed by atoms with Crippen LogP contribution in [0.2, 0.25) is 5.22 Å². The summed E-state index contributed by atoms with van der Waals surface area (Å²) in [5.74, 6) is 1.60. The zero-order valence-corrected chi connectivity index (χ0v) is 10.2. The summed E-state index contributed by atoms with van der Waals surface area (Å²) >= 11 is 5.76. The summed E-state index contributed by atoms with van der Waals surface area (Å²) < 4.78 is 7.02. The molecular weight excluding hydrogens is 226 g/mol. The Morgan fingerprint density at radius 2 is 2.12 bits per heavy atom. The Balaban J connectivity index is 2.60. The normalized spacial score (nSPS) is 11.3. The molecule has 0 saturated carbocycles. The van der Waals surface area contributed by atoms with Gasteiger partial charge in [0, 0.05) is 12.6 Å². The van der Waals surface area contributed by atoms with E-state index in [1.54, 1.807) is 16.8 Å². The van der Waals surface area contributed by atoms with Crippen molar-refractivity contribution in [1.29, 1.82) is 0 Å². The van der Waals surface area contributed by atoms with Gasteiger partial charge in [-0.2, -0.15) is 5.10 Å². The molecule has 4 nitrogen and oxygen atoms in total. The summed E-state index contributed by atoms with van der Waals surface area (Å²) in [6.45, 7) is 4.14. The lowest BCUT2D eigenvalue weighted by atomic mass is 10.0. The average molecular weight is 240 g/mol. The second-order valence-corrected chi connectivity index (χ2v) is 4.40. The van der Waals surface area contributed by atoms with Crippen molar-refractivity contribution in [2.24, 2.45) is 7.05 Å². The van der Waals surface area contributed by atoms with Crippen LogP contribution in [0.5, 0.6) is 0 Å². The third kappa shape index (κ3) is 1.69. The largest absolute Gasteiger partial charge is 0.443 e. The van der Waals surface area contributed by atoms with E-state index in [0.29, 0.717) is 16.8 Å². The van der Waals surface area contributed by atoms with E-state index in [1.165, 1.54) is 0 Å².